The van der Waals surface area contributed by atoms with Gasteiger partial charge in [-0.1, -0.05) is 35.3 Å². The molecule has 0 aliphatic carbocycles. The van der Waals surface area contributed by atoms with E-state index < -0.39 is 37.5 Å². The summed E-state index contributed by atoms with van der Waals surface area (Å²) in [6, 6.07) is 8.31. The molecular weight excluding hydrogens is 455 g/mol. The number of carbonyl (C=O) groups is 1. The fourth-order valence-corrected chi connectivity index (χ4v) is 4.09. The minimum Gasteiger partial charge on any atom is -0.482 e. The second-order valence-electron chi connectivity index (χ2n) is 5.91. The average molecular weight is 471 g/mol. The number of esters is 1. The summed E-state index contributed by atoms with van der Waals surface area (Å²) in [6.07, 6.45) is -4.55. The predicted molar refractivity (Wildman–Crippen MR) is 103 cm³/mol. The van der Waals surface area contributed by atoms with Crippen LogP contribution in [0.2, 0.25) is 10.0 Å². The van der Waals surface area contributed by atoms with Crippen LogP contribution < -0.4 is 4.74 Å². The van der Waals surface area contributed by atoms with Crippen LogP contribution in [0.4, 0.5) is 13.2 Å². The third-order valence-corrected chi connectivity index (χ3v) is 6.30. The Morgan fingerprint density at radius 3 is 2.45 bits per heavy atom. The Labute approximate surface area is 175 Å². The first-order chi connectivity index (χ1) is 13.4. The molecule has 2 rings (SSSR count). The Kier molecular flexibility index (Phi) is 7.62. The van der Waals surface area contributed by atoms with Gasteiger partial charge in [0.05, 0.1) is 5.56 Å². The van der Waals surface area contributed by atoms with Gasteiger partial charge in [0, 0.05) is 29.4 Å². The molecule has 0 aliphatic rings. The Hall–Kier alpha value is -1.73. The Balaban J connectivity index is 2.16. The third-order valence-electron chi connectivity index (χ3n) is 3.78. The first-order valence-corrected chi connectivity index (χ1v) is 10.9. The van der Waals surface area contributed by atoms with E-state index in [4.69, 9.17) is 37.2 Å². The van der Waals surface area contributed by atoms with Crippen molar-refractivity contribution in [3.8, 4) is 5.75 Å². The first-order valence-electron chi connectivity index (χ1n) is 8.01. The van der Waals surface area contributed by atoms with Crippen molar-refractivity contribution < 1.29 is 36.5 Å². The van der Waals surface area contributed by atoms with Crippen LogP contribution in [0, 0.1) is 0 Å². The maximum absolute atomic E-state index is 12.7. The molecule has 2 atom stereocenters. The molecule has 2 aromatic rings. The summed E-state index contributed by atoms with van der Waals surface area (Å²) in [5.41, 5.74) is -0.720. The number of hydrogen-bond acceptors (Lipinski definition) is 5. The van der Waals surface area contributed by atoms with Crippen LogP contribution in [0.3, 0.4) is 0 Å². The van der Waals surface area contributed by atoms with E-state index in [-0.39, 0.29) is 16.3 Å². The molecule has 11 heteroatoms. The number of carbonyl (C=O) groups excluding carboxylic acids is 1. The van der Waals surface area contributed by atoms with Crippen LogP contribution >= 0.6 is 30.6 Å². The van der Waals surface area contributed by atoms with Crippen molar-refractivity contribution in [2.75, 3.05) is 20.4 Å². The highest BCUT2D eigenvalue weighted by Gasteiger charge is 2.35. The van der Waals surface area contributed by atoms with Crippen molar-refractivity contribution in [3.63, 3.8) is 0 Å². The van der Waals surface area contributed by atoms with Crippen LogP contribution in [-0.4, -0.2) is 26.4 Å². The standard InChI is InChI=1S/C18H16Cl2F3O5P/c1-26-29(2,25)17(14-7-6-12(19)9-15(14)20)28-16(24)10-27-13-5-3-4-11(8-13)18(21,22)23/h3-9,17H,10H2,1-2H3. The van der Waals surface area contributed by atoms with Gasteiger partial charge in [-0.3, -0.25) is 4.57 Å². The highest BCUT2D eigenvalue weighted by molar-refractivity contribution is 7.58. The van der Waals surface area contributed by atoms with Gasteiger partial charge in [-0.2, -0.15) is 13.2 Å². The Bertz CT molecular complexity index is 936. The second-order valence-corrected chi connectivity index (χ2v) is 9.41. The Morgan fingerprint density at radius 1 is 1.17 bits per heavy atom. The molecule has 0 radical (unpaired) electrons. The van der Waals surface area contributed by atoms with Gasteiger partial charge in [0.15, 0.2) is 6.61 Å². The normalized spacial score (nSPS) is 14.7. The summed E-state index contributed by atoms with van der Waals surface area (Å²) in [6.45, 7) is 0.538. The summed E-state index contributed by atoms with van der Waals surface area (Å²) in [5.74, 6) is -2.50. The minimum absolute atomic E-state index is 0.105. The fourth-order valence-electron chi connectivity index (χ4n) is 2.27. The fraction of sp³-hybridized carbons (Fsp3) is 0.278. The molecule has 0 amide bonds. The number of hydrogen-bond donors (Lipinski definition) is 0. The lowest BCUT2D eigenvalue weighted by molar-refractivity contribution is -0.148. The second kappa shape index (κ2) is 9.39. The third kappa shape index (κ3) is 6.37. The van der Waals surface area contributed by atoms with Gasteiger partial charge in [0.2, 0.25) is 13.2 Å². The van der Waals surface area contributed by atoms with Crippen molar-refractivity contribution in [2.24, 2.45) is 0 Å². The number of benzene rings is 2. The van der Waals surface area contributed by atoms with Gasteiger partial charge in [-0.15, -0.1) is 0 Å². The monoisotopic (exact) mass is 470 g/mol. The largest absolute Gasteiger partial charge is 0.482 e. The highest BCUT2D eigenvalue weighted by Crippen LogP contribution is 2.58. The molecule has 2 aromatic carbocycles. The van der Waals surface area contributed by atoms with Crippen molar-refractivity contribution in [1.29, 1.82) is 0 Å². The quantitative estimate of drug-likeness (QED) is 0.356. The zero-order valence-electron chi connectivity index (χ0n) is 15.2. The van der Waals surface area contributed by atoms with Crippen LogP contribution in [0.15, 0.2) is 42.5 Å². The van der Waals surface area contributed by atoms with Crippen molar-refractivity contribution >= 4 is 36.5 Å². The van der Waals surface area contributed by atoms with E-state index in [0.29, 0.717) is 5.02 Å². The van der Waals surface area contributed by atoms with E-state index in [1.807, 2.05) is 0 Å². The molecule has 0 N–H and O–H groups in total. The molecule has 0 fully saturated rings. The summed E-state index contributed by atoms with van der Waals surface area (Å²) < 4.78 is 66.3. The van der Waals surface area contributed by atoms with Gasteiger partial charge >= 0.3 is 12.1 Å². The molecule has 158 valence electrons. The van der Waals surface area contributed by atoms with E-state index in [2.05, 4.69) is 0 Å². The molecular formula is C18H16Cl2F3O5P. The number of alkyl halides is 3. The van der Waals surface area contributed by atoms with Gasteiger partial charge in [-0.05, 0) is 30.3 Å². The SMILES string of the molecule is COP(C)(=O)C(OC(=O)COc1cccc(C(F)(F)F)c1)c1ccc(Cl)cc1Cl. The molecule has 2 unspecified atom stereocenters. The van der Waals surface area contributed by atoms with E-state index >= 15 is 0 Å². The van der Waals surface area contributed by atoms with Crippen molar-refractivity contribution in [3.05, 3.63) is 63.6 Å². The van der Waals surface area contributed by atoms with Gasteiger partial charge in [-0.25, -0.2) is 4.79 Å². The molecule has 0 bridgehead atoms. The lowest BCUT2D eigenvalue weighted by Gasteiger charge is -2.24. The smallest absolute Gasteiger partial charge is 0.416 e. The Morgan fingerprint density at radius 2 is 1.86 bits per heavy atom. The first kappa shape index (κ1) is 23.5. The molecule has 0 spiro atoms. The molecule has 5 nitrogen and oxygen atoms in total. The molecule has 0 aromatic heterocycles. The summed E-state index contributed by atoms with van der Waals surface area (Å²) in [4.78, 5) is 12.2. The predicted octanol–water partition coefficient (Wildman–Crippen LogP) is 6.19. The van der Waals surface area contributed by atoms with Crippen LogP contribution in [0.5, 0.6) is 5.75 Å². The van der Waals surface area contributed by atoms with Crippen LogP contribution in [0.25, 0.3) is 0 Å². The summed E-state index contributed by atoms with van der Waals surface area (Å²) in [5, 5.41) is 0.424. The molecule has 0 aliphatic heterocycles. The zero-order chi connectivity index (χ0) is 21.8. The lowest BCUT2D eigenvalue weighted by atomic mass is 10.2. The topological polar surface area (TPSA) is 61.8 Å². The van der Waals surface area contributed by atoms with E-state index in [9.17, 15) is 22.5 Å². The maximum atomic E-state index is 12.7. The van der Waals surface area contributed by atoms with Crippen LogP contribution in [-0.2, 0) is 24.8 Å². The highest BCUT2D eigenvalue weighted by atomic mass is 35.5. The minimum atomic E-state index is -4.55. The molecule has 29 heavy (non-hydrogen) atoms. The maximum Gasteiger partial charge on any atom is 0.416 e. The van der Waals surface area contributed by atoms with Gasteiger partial charge in [0.1, 0.15) is 5.75 Å². The molecule has 0 saturated heterocycles. The lowest BCUT2D eigenvalue weighted by Crippen LogP contribution is -2.19. The molecule has 0 heterocycles. The number of ether oxygens (including phenoxy) is 2. The van der Waals surface area contributed by atoms with Crippen molar-refractivity contribution in [1.82, 2.24) is 0 Å². The van der Waals surface area contributed by atoms with Gasteiger partial charge < -0.3 is 14.0 Å². The average Bonchev–Trinajstić information content (AvgIpc) is 2.64. The van der Waals surface area contributed by atoms with Crippen molar-refractivity contribution in [2.45, 2.75) is 12.0 Å². The van der Waals surface area contributed by atoms with Gasteiger partial charge in [0.25, 0.3) is 0 Å². The molecule has 0 saturated carbocycles. The zero-order valence-corrected chi connectivity index (χ0v) is 17.6. The van der Waals surface area contributed by atoms with E-state index in [0.717, 1.165) is 18.2 Å². The summed E-state index contributed by atoms with van der Waals surface area (Å²) in [7, 11) is -2.32. The van der Waals surface area contributed by atoms with E-state index in [1.165, 1.54) is 38.0 Å². The number of rotatable bonds is 7. The summed E-state index contributed by atoms with van der Waals surface area (Å²) >= 11 is 12.0. The van der Waals surface area contributed by atoms with E-state index in [1.54, 1.807) is 0 Å². The van der Waals surface area contributed by atoms with Crippen LogP contribution in [0.1, 0.15) is 17.0 Å². The number of halogens is 5.